The van der Waals surface area contributed by atoms with Gasteiger partial charge < -0.3 is 9.84 Å². The van der Waals surface area contributed by atoms with E-state index in [1.165, 1.54) is 30.4 Å². The van der Waals surface area contributed by atoms with Crippen LogP contribution in [0.3, 0.4) is 0 Å². The minimum atomic E-state index is -0.642. The van der Waals surface area contributed by atoms with Crippen LogP contribution in [-0.4, -0.2) is 17.3 Å². The fourth-order valence-electron chi connectivity index (χ4n) is 2.06. The smallest absolute Gasteiger partial charge is 0.119 e. The van der Waals surface area contributed by atoms with Crippen LogP contribution in [0.25, 0.3) is 0 Å². The predicted octanol–water partition coefficient (Wildman–Crippen LogP) is 2.72. The lowest BCUT2D eigenvalue weighted by molar-refractivity contribution is 0.0553. The Balaban J connectivity index is 1.91. The molecule has 2 nitrogen and oxygen atoms in total. The van der Waals surface area contributed by atoms with Gasteiger partial charge in [-0.3, -0.25) is 0 Å². The molecule has 0 amide bonds. The molecular formula is C14H20O2. The summed E-state index contributed by atoms with van der Waals surface area (Å²) in [6.45, 7) is 4.18. The highest BCUT2D eigenvalue weighted by molar-refractivity contribution is 5.38. The van der Waals surface area contributed by atoms with Gasteiger partial charge in [-0.2, -0.15) is 0 Å². The van der Waals surface area contributed by atoms with Crippen LogP contribution >= 0.6 is 0 Å². The van der Waals surface area contributed by atoms with Crippen LogP contribution in [0.4, 0.5) is 0 Å². The highest BCUT2D eigenvalue weighted by Gasteiger charge is 2.13. The summed E-state index contributed by atoms with van der Waals surface area (Å²) >= 11 is 0. The number of rotatable bonds is 4. The molecule has 1 aromatic carbocycles. The largest absolute Gasteiger partial charge is 0.493 e. The number of aryl methyl sites for hydroxylation is 2. The van der Waals surface area contributed by atoms with Crippen molar-refractivity contribution in [3.63, 3.8) is 0 Å². The molecular weight excluding hydrogens is 200 g/mol. The molecule has 88 valence electrons. The van der Waals surface area contributed by atoms with Gasteiger partial charge in [0.2, 0.25) is 0 Å². The van der Waals surface area contributed by atoms with E-state index in [1.807, 2.05) is 6.07 Å². The summed E-state index contributed by atoms with van der Waals surface area (Å²) in [6, 6.07) is 6.35. The molecule has 0 aliphatic heterocycles. The summed E-state index contributed by atoms with van der Waals surface area (Å²) in [4.78, 5) is 0. The molecule has 16 heavy (non-hydrogen) atoms. The zero-order valence-corrected chi connectivity index (χ0v) is 10.1. The van der Waals surface area contributed by atoms with Crippen molar-refractivity contribution in [3.8, 4) is 5.75 Å². The Morgan fingerprint density at radius 1 is 1.25 bits per heavy atom. The van der Waals surface area contributed by atoms with Crippen molar-refractivity contribution in [2.45, 2.75) is 45.1 Å². The number of aliphatic hydroxyl groups is 1. The lowest BCUT2D eigenvalue weighted by Gasteiger charge is -2.17. The number of fused-ring (bicyclic) bond motifs is 1. The standard InChI is InChI=1S/C14H20O2/c1-14(2,15)8-9-16-13-7-6-11-4-3-5-12(11)10-13/h6-7,10,15H,3-5,8-9H2,1-2H3. The Kier molecular flexibility index (Phi) is 3.20. The zero-order valence-electron chi connectivity index (χ0n) is 10.1. The fraction of sp³-hybridized carbons (Fsp3) is 0.571. The van der Waals surface area contributed by atoms with Crippen molar-refractivity contribution in [1.82, 2.24) is 0 Å². The molecule has 1 aliphatic carbocycles. The van der Waals surface area contributed by atoms with Crippen molar-refractivity contribution in [2.75, 3.05) is 6.61 Å². The van der Waals surface area contributed by atoms with Gasteiger partial charge >= 0.3 is 0 Å². The maximum atomic E-state index is 9.57. The van der Waals surface area contributed by atoms with Gasteiger partial charge in [0.15, 0.2) is 0 Å². The normalized spacial score (nSPS) is 14.9. The molecule has 0 radical (unpaired) electrons. The molecule has 2 heteroatoms. The second-order valence-electron chi connectivity index (χ2n) is 5.19. The van der Waals surface area contributed by atoms with Crippen molar-refractivity contribution < 1.29 is 9.84 Å². The van der Waals surface area contributed by atoms with Gasteiger partial charge in [0.05, 0.1) is 12.2 Å². The van der Waals surface area contributed by atoms with E-state index < -0.39 is 5.60 Å². The third-order valence-corrected chi connectivity index (χ3v) is 3.05. The van der Waals surface area contributed by atoms with Crippen LogP contribution in [0.1, 0.15) is 37.8 Å². The molecule has 0 spiro atoms. The topological polar surface area (TPSA) is 29.5 Å². The SMILES string of the molecule is CC(C)(O)CCOc1ccc2c(c1)CCC2. The van der Waals surface area contributed by atoms with E-state index in [-0.39, 0.29) is 0 Å². The summed E-state index contributed by atoms with van der Waals surface area (Å²) in [6.07, 6.45) is 4.31. The molecule has 0 bridgehead atoms. The third kappa shape index (κ3) is 2.99. The minimum absolute atomic E-state index is 0.572. The Morgan fingerprint density at radius 3 is 2.75 bits per heavy atom. The molecule has 0 aromatic heterocycles. The van der Waals surface area contributed by atoms with Gasteiger partial charge in [0, 0.05) is 6.42 Å². The Hall–Kier alpha value is -1.02. The van der Waals surface area contributed by atoms with Crippen LogP contribution in [0.5, 0.6) is 5.75 Å². The molecule has 2 rings (SSSR count). The maximum absolute atomic E-state index is 9.57. The van der Waals surface area contributed by atoms with Gasteiger partial charge in [-0.15, -0.1) is 0 Å². The molecule has 0 saturated carbocycles. The summed E-state index contributed by atoms with van der Waals surface area (Å²) in [5, 5.41) is 9.57. The number of ether oxygens (including phenoxy) is 1. The third-order valence-electron chi connectivity index (χ3n) is 3.05. The first kappa shape index (κ1) is 11.5. The highest BCUT2D eigenvalue weighted by atomic mass is 16.5. The Bertz CT molecular complexity index is 363. The molecule has 0 fully saturated rings. The van der Waals surface area contributed by atoms with Crippen LogP contribution < -0.4 is 4.74 Å². The van der Waals surface area contributed by atoms with E-state index in [2.05, 4.69) is 12.1 Å². The number of benzene rings is 1. The second-order valence-corrected chi connectivity index (χ2v) is 5.19. The van der Waals surface area contributed by atoms with Crippen LogP contribution in [0, 0.1) is 0 Å². The van der Waals surface area contributed by atoms with E-state index in [0.29, 0.717) is 13.0 Å². The molecule has 0 unspecified atom stereocenters. The molecule has 0 saturated heterocycles. The molecule has 1 aliphatic rings. The fourth-order valence-corrected chi connectivity index (χ4v) is 2.06. The van der Waals surface area contributed by atoms with E-state index >= 15 is 0 Å². The molecule has 1 aromatic rings. The first-order chi connectivity index (χ1) is 7.54. The average Bonchev–Trinajstić information content (AvgIpc) is 2.62. The summed E-state index contributed by atoms with van der Waals surface area (Å²) < 4.78 is 5.65. The lowest BCUT2D eigenvalue weighted by Crippen LogP contribution is -2.21. The van der Waals surface area contributed by atoms with Gasteiger partial charge in [-0.1, -0.05) is 6.07 Å². The summed E-state index contributed by atoms with van der Waals surface area (Å²) in [7, 11) is 0. The number of hydrogen-bond donors (Lipinski definition) is 1. The van der Waals surface area contributed by atoms with Gasteiger partial charge in [0.1, 0.15) is 5.75 Å². The molecule has 0 atom stereocenters. The molecule has 0 heterocycles. The average molecular weight is 220 g/mol. The minimum Gasteiger partial charge on any atom is -0.493 e. The van der Waals surface area contributed by atoms with Crippen LogP contribution in [0.2, 0.25) is 0 Å². The van der Waals surface area contributed by atoms with Gasteiger partial charge in [-0.05, 0) is 56.4 Å². The summed E-state index contributed by atoms with van der Waals surface area (Å²) in [5.41, 5.74) is 2.26. The number of hydrogen-bond acceptors (Lipinski definition) is 2. The van der Waals surface area contributed by atoms with Crippen LogP contribution in [-0.2, 0) is 12.8 Å². The first-order valence-electron chi connectivity index (χ1n) is 6.02. The van der Waals surface area contributed by atoms with Crippen molar-refractivity contribution >= 4 is 0 Å². The molecule has 1 N–H and O–H groups in total. The second kappa shape index (κ2) is 4.46. The maximum Gasteiger partial charge on any atom is 0.119 e. The lowest BCUT2D eigenvalue weighted by atomic mass is 10.1. The predicted molar refractivity (Wildman–Crippen MR) is 64.9 cm³/mol. The van der Waals surface area contributed by atoms with Crippen molar-refractivity contribution in [1.29, 1.82) is 0 Å². The Labute approximate surface area is 97.3 Å². The quantitative estimate of drug-likeness (QED) is 0.845. The Morgan fingerprint density at radius 2 is 2.00 bits per heavy atom. The summed E-state index contributed by atoms with van der Waals surface area (Å²) in [5.74, 6) is 0.935. The van der Waals surface area contributed by atoms with Crippen LogP contribution in [0.15, 0.2) is 18.2 Å². The van der Waals surface area contributed by atoms with E-state index in [0.717, 1.165) is 5.75 Å². The van der Waals surface area contributed by atoms with Crippen molar-refractivity contribution in [3.05, 3.63) is 29.3 Å². The van der Waals surface area contributed by atoms with Gasteiger partial charge in [-0.25, -0.2) is 0 Å². The zero-order chi connectivity index (χ0) is 11.6. The monoisotopic (exact) mass is 220 g/mol. The van der Waals surface area contributed by atoms with Gasteiger partial charge in [0.25, 0.3) is 0 Å². The highest BCUT2D eigenvalue weighted by Crippen LogP contribution is 2.26. The van der Waals surface area contributed by atoms with E-state index in [1.54, 1.807) is 13.8 Å². The van der Waals surface area contributed by atoms with Crippen molar-refractivity contribution in [2.24, 2.45) is 0 Å². The first-order valence-corrected chi connectivity index (χ1v) is 6.02. The van der Waals surface area contributed by atoms with E-state index in [9.17, 15) is 5.11 Å². The van der Waals surface area contributed by atoms with E-state index in [4.69, 9.17) is 4.74 Å².